The maximum Gasteiger partial charge on any atom is 0.259 e. The topological polar surface area (TPSA) is 76.5 Å². The average Bonchev–Trinajstić information content (AvgIpc) is 3.06. The molecule has 0 aliphatic rings. The van der Waals surface area contributed by atoms with Crippen molar-refractivity contribution in [2.75, 3.05) is 25.5 Å². The van der Waals surface area contributed by atoms with Crippen LogP contribution in [0.15, 0.2) is 48.5 Å². The molecule has 9 heteroatoms. The number of amides is 2. The van der Waals surface area contributed by atoms with Gasteiger partial charge in [-0.25, -0.2) is 9.07 Å². The third-order valence-corrected chi connectivity index (χ3v) is 5.27. The first-order valence-corrected chi connectivity index (χ1v) is 10.4. The molecule has 0 saturated carbocycles. The molecule has 0 bridgehead atoms. The number of rotatable bonds is 8. The predicted molar refractivity (Wildman–Crippen MR) is 121 cm³/mol. The lowest BCUT2D eigenvalue weighted by molar-refractivity contribution is -0.116. The van der Waals surface area contributed by atoms with Crippen molar-refractivity contribution in [1.82, 2.24) is 14.7 Å². The van der Waals surface area contributed by atoms with Crippen molar-refractivity contribution in [3.8, 4) is 5.75 Å². The van der Waals surface area contributed by atoms with Crippen LogP contribution in [0.4, 0.5) is 10.1 Å². The minimum Gasteiger partial charge on any atom is -0.497 e. The van der Waals surface area contributed by atoms with E-state index >= 15 is 0 Å². The van der Waals surface area contributed by atoms with E-state index in [4.69, 9.17) is 16.3 Å². The van der Waals surface area contributed by atoms with E-state index in [2.05, 4.69) is 10.4 Å². The summed E-state index contributed by atoms with van der Waals surface area (Å²) in [6, 6.07) is 12.9. The van der Waals surface area contributed by atoms with Gasteiger partial charge < -0.3 is 15.0 Å². The molecule has 0 fully saturated rings. The third-order valence-electron chi connectivity index (χ3n) is 4.88. The largest absolute Gasteiger partial charge is 0.497 e. The number of aryl methyl sites for hydroxylation is 1. The average molecular weight is 459 g/mol. The van der Waals surface area contributed by atoms with Gasteiger partial charge in [-0.3, -0.25) is 9.59 Å². The van der Waals surface area contributed by atoms with Crippen LogP contribution < -0.4 is 10.1 Å². The maximum atomic E-state index is 13.2. The van der Waals surface area contributed by atoms with Crippen LogP contribution in [0.5, 0.6) is 5.75 Å². The Labute approximate surface area is 190 Å². The van der Waals surface area contributed by atoms with Crippen LogP contribution >= 0.6 is 11.6 Å². The molecule has 0 spiro atoms. The number of nitrogens with one attached hydrogen (secondary N) is 1. The third kappa shape index (κ3) is 5.45. The van der Waals surface area contributed by atoms with E-state index in [1.54, 1.807) is 57.4 Å². The van der Waals surface area contributed by atoms with E-state index in [0.717, 1.165) is 5.56 Å². The summed E-state index contributed by atoms with van der Waals surface area (Å²) in [4.78, 5) is 27.1. The highest BCUT2D eigenvalue weighted by Crippen LogP contribution is 2.23. The Balaban J connectivity index is 1.73. The van der Waals surface area contributed by atoms with Gasteiger partial charge in [0.05, 0.1) is 24.9 Å². The first-order valence-electron chi connectivity index (χ1n) is 10.0. The Morgan fingerprint density at radius 3 is 2.59 bits per heavy atom. The molecular weight excluding hydrogens is 435 g/mol. The summed E-state index contributed by atoms with van der Waals surface area (Å²) in [5.74, 6) is -0.456. The van der Waals surface area contributed by atoms with Gasteiger partial charge in [-0.05, 0) is 43.7 Å². The number of hydrogen-bond donors (Lipinski definition) is 1. The SMILES string of the molecule is CCN(CC(=O)Nc1cccc(OC)c1)C(=O)c1c(C)nn(Cc2ccc(F)cc2)c1Cl. The Kier molecular flexibility index (Phi) is 7.48. The first-order chi connectivity index (χ1) is 15.3. The lowest BCUT2D eigenvalue weighted by Gasteiger charge is -2.20. The predicted octanol–water partition coefficient (Wildman–Crippen LogP) is 4.14. The molecule has 32 heavy (non-hydrogen) atoms. The second kappa shape index (κ2) is 10.3. The van der Waals surface area contributed by atoms with Crippen molar-refractivity contribution in [3.63, 3.8) is 0 Å². The Hall–Kier alpha value is -3.39. The van der Waals surface area contributed by atoms with Crippen LogP contribution in [0.2, 0.25) is 5.15 Å². The van der Waals surface area contributed by atoms with Crippen LogP contribution in [0.3, 0.4) is 0 Å². The van der Waals surface area contributed by atoms with Crippen molar-refractivity contribution < 1.29 is 18.7 Å². The molecule has 0 aliphatic heterocycles. The van der Waals surface area contributed by atoms with E-state index < -0.39 is 0 Å². The van der Waals surface area contributed by atoms with E-state index in [9.17, 15) is 14.0 Å². The summed E-state index contributed by atoms with van der Waals surface area (Å²) in [6.07, 6.45) is 0. The van der Waals surface area contributed by atoms with Gasteiger partial charge >= 0.3 is 0 Å². The Morgan fingerprint density at radius 1 is 1.22 bits per heavy atom. The van der Waals surface area contributed by atoms with Gasteiger partial charge in [0.15, 0.2) is 0 Å². The molecule has 2 amide bonds. The molecule has 0 aliphatic carbocycles. The minimum absolute atomic E-state index is 0.147. The number of carbonyl (C=O) groups excluding carboxylic acids is 2. The van der Waals surface area contributed by atoms with Gasteiger partial charge in [-0.15, -0.1) is 0 Å². The standard InChI is InChI=1S/C23H24ClFN4O3/c1-4-28(14-20(30)26-18-6-5-7-19(12-18)32-3)23(31)21-15(2)27-29(22(21)24)13-16-8-10-17(25)11-9-16/h5-12H,4,13-14H2,1-3H3,(H,26,30). The zero-order valence-electron chi connectivity index (χ0n) is 18.1. The smallest absolute Gasteiger partial charge is 0.259 e. The molecule has 3 rings (SSSR count). The highest BCUT2D eigenvalue weighted by Gasteiger charge is 2.26. The second-order valence-corrected chi connectivity index (χ2v) is 7.49. The lowest BCUT2D eigenvalue weighted by Crippen LogP contribution is -2.38. The number of anilines is 1. The number of benzene rings is 2. The number of carbonyl (C=O) groups is 2. The number of methoxy groups -OCH3 is 1. The molecule has 1 heterocycles. The number of nitrogens with zero attached hydrogens (tertiary/aromatic N) is 3. The van der Waals surface area contributed by atoms with Gasteiger partial charge in [-0.1, -0.05) is 29.8 Å². The molecule has 0 radical (unpaired) electrons. The molecule has 2 aromatic carbocycles. The number of ether oxygens (including phenoxy) is 1. The fourth-order valence-corrected chi connectivity index (χ4v) is 3.54. The van der Waals surface area contributed by atoms with E-state index in [-0.39, 0.29) is 41.4 Å². The molecule has 1 aromatic heterocycles. The van der Waals surface area contributed by atoms with E-state index in [0.29, 0.717) is 23.7 Å². The van der Waals surface area contributed by atoms with Gasteiger partial charge in [0.2, 0.25) is 5.91 Å². The number of hydrogen-bond acceptors (Lipinski definition) is 4. The van der Waals surface area contributed by atoms with Crippen LogP contribution in [0.1, 0.15) is 28.5 Å². The molecule has 1 N–H and O–H groups in total. The normalized spacial score (nSPS) is 10.7. The second-order valence-electron chi connectivity index (χ2n) is 7.13. The van der Waals surface area contributed by atoms with E-state index in [1.807, 2.05) is 0 Å². The van der Waals surface area contributed by atoms with Crippen molar-refractivity contribution >= 4 is 29.1 Å². The molecule has 0 unspecified atom stereocenters. The van der Waals surface area contributed by atoms with Crippen molar-refractivity contribution in [1.29, 1.82) is 0 Å². The minimum atomic E-state index is -0.388. The monoisotopic (exact) mass is 458 g/mol. The summed E-state index contributed by atoms with van der Waals surface area (Å²) in [5, 5.41) is 7.29. The zero-order chi connectivity index (χ0) is 23.3. The lowest BCUT2D eigenvalue weighted by atomic mass is 10.2. The van der Waals surface area contributed by atoms with Crippen LogP contribution in [-0.4, -0.2) is 46.7 Å². The van der Waals surface area contributed by atoms with Crippen molar-refractivity contribution in [3.05, 3.63) is 76.3 Å². The molecular formula is C23H24ClFN4O3. The van der Waals surface area contributed by atoms with Crippen LogP contribution in [-0.2, 0) is 11.3 Å². The summed E-state index contributed by atoms with van der Waals surface area (Å²) < 4.78 is 19.8. The summed E-state index contributed by atoms with van der Waals surface area (Å²) in [7, 11) is 1.54. The molecule has 7 nitrogen and oxygen atoms in total. The highest BCUT2D eigenvalue weighted by molar-refractivity contribution is 6.33. The zero-order valence-corrected chi connectivity index (χ0v) is 18.8. The maximum absolute atomic E-state index is 13.2. The van der Waals surface area contributed by atoms with Crippen LogP contribution in [0, 0.1) is 12.7 Å². The number of aromatic nitrogens is 2. The number of likely N-dealkylation sites (N-methyl/N-ethyl adjacent to an activating group) is 1. The Bertz CT molecular complexity index is 1110. The molecule has 3 aromatic rings. The van der Waals surface area contributed by atoms with Gasteiger partial charge in [-0.2, -0.15) is 5.10 Å². The summed E-state index contributed by atoms with van der Waals surface area (Å²) >= 11 is 6.47. The number of halogens is 2. The molecule has 0 saturated heterocycles. The van der Waals surface area contributed by atoms with Crippen LogP contribution in [0.25, 0.3) is 0 Å². The fourth-order valence-electron chi connectivity index (χ4n) is 3.22. The van der Waals surface area contributed by atoms with Gasteiger partial charge in [0.25, 0.3) is 5.91 Å². The first kappa shape index (κ1) is 23.3. The van der Waals surface area contributed by atoms with Crippen molar-refractivity contribution in [2.24, 2.45) is 0 Å². The quantitative estimate of drug-likeness (QED) is 0.550. The van der Waals surface area contributed by atoms with Crippen molar-refractivity contribution in [2.45, 2.75) is 20.4 Å². The Morgan fingerprint density at radius 2 is 1.94 bits per heavy atom. The fraction of sp³-hybridized carbons (Fsp3) is 0.261. The van der Waals surface area contributed by atoms with Gasteiger partial charge in [0.1, 0.15) is 23.3 Å². The van der Waals surface area contributed by atoms with Gasteiger partial charge in [0, 0.05) is 18.3 Å². The van der Waals surface area contributed by atoms with E-state index in [1.165, 1.54) is 21.7 Å². The molecule has 168 valence electrons. The molecule has 0 atom stereocenters. The summed E-state index contributed by atoms with van der Waals surface area (Å²) in [6.45, 7) is 3.91. The highest BCUT2D eigenvalue weighted by atomic mass is 35.5. The summed E-state index contributed by atoms with van der Waals surface area (Å²) in [5.41, 5.74) is 2.05.